The van der Waals surface area contributed by atoms with Crippen molar-refractivity contribution in [3.63, 3.8) is 0 Å². The molecule has 0 unspecified atom stereocenters. The quantitative estimate of drug-likeness (QED) is 0.664. The monoisotopic (exact) mass is 418 g/mol. The third-order valence-corrected chi connectivity index (χ3v) is 5.55. The molecule has 2 aromatic carbocycles. The smallest absolute Gasteiger partial charge is 0.322 e. The number of aryl methyl sites for hydroxylation is 1. The van der Waals surface area contributed by atoms with E-state index in [1.165, 1.54) is 0 Å². The van der Waals surface area contributed by atoms with Crippen LogP contribution < -0.4 is 15.6 Å². The van der Waals surface area contributed by atoms with E-state index in [0.717, 1.165) is 34.7 Å². The molecule has 3 aromatic rings. The molecule has 0 radical (unpaired) electrons. The Morgan fingerprint density at radius 3 is 2.87 bits per heavy atom. The third-order valence-electron chi connectivity index (χ3n) is 5.55. The number of amides is 2. The van der Waals surface area contributed by atoms with Crippen molar-refractivity contribution in [2.45, 2.75) is 32.7 Å². The van der Waals surface area contributed by atoms with Crippen molar-refractivity contribution in [1.29, 1.82) is 0 Å². The van der Waals surface area contributed by atoms with Crippen LogP contribution in [0.3, 0.4) is 0 Å². The highest BCUT2D eigenvalue weighted by Gasteiger charge is 2.25. The number of urea groups is 1. The molecule has 2 heterocycles. The zero-order valence-electron chi connectivity index (χ0n) is 17.8. The molecule has 0 aliphatic carbocycles. The summed E-state index contributed by atoms with van der Waals surface area (Å²) < 4.78 is 5.26. The fourth-order valence-corrected chi connectivity index (χ4v) is 3.85. The third kappa shape index (κ3) is 4.60. The van der Waals surface area contributed by atoms with Crippen molar-refractivity contribution >= 4 is 11.7 Å². The summed E-state index contributed by atoms with van der Waals surface area (Å²) in [5.74, 6) is 1.39. The van der Waals surface area contributed by atoms with E-state index in [1.54, 1.807) is 12.0 Å². The topological polar surface area (TPSA) is 87.3 Å². The molecule has 0 bridgehead atoms. The molecule has 31 heavy (non-hydrogen) atoms. The average molecular weight is 418 g/mol. The van der Waals surface area contributed by atoms with Gasteiger partial charge in [-0.3, -0.25) is 4.79 Å². The van der Waals surface area contributed by atoms with Crippen molar-refractivity contribution in [2.24, 2.45) is 0 Å². The number of aromatic amines is 1. The summed E-state index contributed by atoms with van der Waals surface area (Å²) >= 11 is 0. The van der Waals surface area contributed by atoms with Crippen LogP contribution in [-0.2, 0) is 25.8 Å². The van der Waals surface area contributed by atoms with Crippen LogP contribution in [0.15, 0.2) is 53.3 Å². The Kier molecular flexibility index (Phi) is 6.02. The van der Waals surface area contributed by atoms with Crippen molar-refractivity contribution < 1.29 is 9.53 Å². The van der Waals surface area contributed by atoms with E-state index in [1.807, 2.05) is 48.5 Å². The summed E-state index contributed by atoms with van der Waals surface area (Å²) in [6.07, 6.45) is 1.89. The molecule has 0 spiro atoms. The molecule has 160 valence electrons. The molecule has 2 amide bonds. The zero-order valence-corrected chi connectivity index (χ0v) is 17.8. The minimum Gasteiger partial charge on any atom is -0.497 e. The summed E-state index contributed by atoms with van der Waals surface area (Å²) in [6, 6.07) is 15.3. The van der Waals surface area contributed by atoms with Gasteiger partial charge in [0.2, 0.25) is 0 Å². The van der Waals surface area contributed by atoms with Crippen LogP contribution >= 0.6 is 0 Å². The summed E-state index contributed by atoms with van der Waals surface area (Å²) in [5.41, 5.74) is 4.03. The number of anilines is 1. The van der Waals surface area contributed by atoms with Gasteiger partial charge in [0.05, 0.1) is 24.9 Å². The second kappa shape index (κ2) is 9.04. The first kappa shape index (κ1) is 20.7. The number of H-pyrrole nitrogens is 1. The lowest BCUT2D eigenvalue weighted by molar-refractivity contribution is 0.205. The van der Waals surface area contributed by atoms with E-state index in [-0.39, 0.29) is 18.1 Å². The molecule has 0 saturated heterocycles. The van der Waals surface area contributed by atoms with Crippen LogP contribution in [0.1, 0.15) is 35.1 Å². The number of hydrogen-bond donors (Lipinski definition) is 2. The Morgan fingerprint density at radius 1 is 1.23 bits per heavy atom. The zero-order chi connectivity index (χ0) is 21.8. The summed E-state index contributed by atoms with van der Waals surface area (Å²) in [5, 5.41) is 2.98. The number of nitrogens with one attached hydrogen (secondary N) is 2. The number of methoxy groups -OCH3 is 1. The van der Waals surface area contributed by atoms with Crippen LogP contribution in [0.2, 0.25) is 0 Å². The Morgan fingerprint density at radius 2 is 2.06 bits per heavy atom. The van der Waals surface area contributed by atoms with Crippen LogP contribution in [0.5, 0.6) is 5.75 Å². The van der Waals surface area contributed by atoms with Gasteiger partial charge in [-0.1, -0.05) is 37.3 Å². The molecule has 4 rings (SSSR count). The van der Waals surface area contributed by atoms with Crippen molar-refractivity contribution in [2.75, 3.05) is 19.0 Å². The van der Waals surface area contributed by atoms with Gasteiger partial charge in [0.15, 0.2) is 0 Å². The minimum atomic E-state index is -0.202. The number of hydrogen-bond acceptors (Lipinski definition) is 4. The Hall–Kier alpha value is -3.61. The average Bonchev–Trinajstić information content (AvgIpc) is 2.79. The van der Waals surface area contributed by atoms with Gasteiger partial charge >= 0.3 is 6.03 Å². The highest BCUT2D eigenvalue weighted by molar-refractivity contribution is 5.90. The number of rotatable bonds is 5. The molecule has 1 aliphatic rings. The fourth-order valence-electron chi connectivity index (χ4n) is 3.85. The molecule has 0 saturated carbocycles. The maximum Gasteiger partial charge on any atom is 0.322 e. The van der Waals surface area contributed by atoms with Gasteiger partial charge in [0, 0.05) is 25.1 Å². The first-order valence-corrected chi connectivity index (χ1v) is 10.4. The molecule has 7 nitrogen and oxygen atoms in total. The van der Waals surface area contributed by atoms with Gasteiger partial charge in [-0.05, 0) is 35.7 Å². The lowest BCUT2D eigenvalue weighted by Crippen LogP contribution is -2.42. The van der Waals surface area contributed by atoms with E-state index in [0.29, 0.717) is 30.8 Å². The van der Waals surface area contributed by atoms with E-state index in [2.05, 4.69) is 22.2 Å². The van der Waals surface area contributed by atoms with Gasteiger partial charge in [-0.2, -0.15) is 0 Å². The minimum absolute atomic E-state index is 0.186. The molecular weight excluding hydrogens is 392 g/mol. The van der Waals surface area contributed by atoms with Crippen molar-refractivity contribution in [3.8, 4) is 5.75 Å². The normalized spacial score (nSPS) is 12.9. The van der Waals surface area contributed by atoms with Crippen molar-refractivity contribution in [1.82, 2.24) is 14.9 Å². The summed E-state index contributed by atoms with van der Waals surface area (Å²) in [7, 11) is 1.63. The van der Waals surface area contributed by atoms with Crippen LogP contribution in [-0.4, -0.2) is 34.6 Å². The molecule has 1 aromatic heterocycles. The first-order valence-electron chi connectivity index (χ1n) is 10.4. The Labute approximate surface area is 181 Å². The maximum absolute atomic E-state index is 12.8. The lowest BCUT2D eigenvalue weighted by Gasteiger charge is -2.28. The highest BCUT2D eigenvalue weighted by atomic mass is 16.5. The molecule has 7 heteroatoms. The number of para-hydroxylation sites is 1. The summed E-state index contributed by atoms with van der Waals surface area (Å²) in [4.78, 5) is 34.8. The van der Waals surface area contributed by atoms with E-state index < -0.39 is 0 Å². The largest absolute Gasteiger partial charge is 0.497 e. The SMILES string of the molecule is CCc1ccccc1NC(=O)N1CCc2nc(Cc3cccc(OC)c3)[nH]c(=O)c2C1. The molecule has 0 atom stereocenters. The molecule has 2 N–H and O–H groups in total. The number of nitrogens with zero attached hydrogens (tertiary/aromatic N) is 2. The standard InChI is InChI=1S/C24H26N4O3/c1-3-17-8-4-5-10-20(17)26-24(30)28-12-11-21-19(15-28)23(29)27-22(25-21)14-16-7-6-9-18(13-16)31-2/h4-10,13H,3,11-12,14-15H2,1-2H3,(H,26,30)(H,25,27,29). The lowest BCUT2D eigenvalue weighted by atomic mass is 10.1. The van der Waals surface area contributed by atoms with Crippen LogP contribution in [0, 0.1) is 0 Å². The highest BCUT2D eigenvalue weighted by Crippen LogP contribution is 2.20. The second-order valence-corrected chi connectivity index (χ2v) is 7.58. The molecule has 1 aliphatic heterocycles. The molecular formula is C24H26N4O3. The molecule has 0 fully saturated rings. The number of ether oxygens (including phenoxy) is 1. The number of benzene rings is 2. The maximum atomic E-state index is 12.8. The second-order valence-electron chi connectivity index (χ2n) is 7.58. The van der Waals surface area contributed by atoms with Gasteiger partial charge in [-0.15, -0.1) is 0 Å². The van der Waals surface area contributed by atoms with E-state index in [4.69, 9.17) is 4.74 Å². The summed E-state index contributed by atoms with van der Waals surface area (Å²) in [6.45, 7) is 2.82. The van der Waals surface area contributed by atoms with Crippen molar-refractivity contribution in [3.05, 3.63) is 87.1 Å². The van der Waals surface area contributed by atoms with E-state index >= 15 is 0 Å². The predicted molar refractivity (Wildman–Crippen MR) is 120 cm³/mol. The van der Waals surface area contributed by atoms with Gasteiger partial charge in [0.1, 0.15) is 11.6 Å². The Balaban J connectivity index is 1.49. The first-order chi connectivity index (χ1) is 15.1. The fraction of sp³-hybridized carbons (Fsp3) is 0.292. The number of aromatic nitrogens is 2. The number of fused-ring (bicyclic) bond motifs is 1. The Bertz CT molecular complexity index is 1160. The number of carbonyl (C=O) groups is 1. The van der Waals surface area contributed by atoms with Crippen LogP contribution in [0.4, 0.5) is 10.5 Å². The van der Waals surface area contributed by atoms with Crippen LogP contribution in [0.25, 0.3) is 0 Å². The van der Waals surface area contributed by atoms with Gasteiger partial charge < -0.3 is 19.9 Å². The number of carbonyl (C=O) groups excluding carboxylic acids is 1. The predicted octanol–water partition coefficient (Wildman–Crippen LogP) is 3.52. The van der Waals surface area contributed by atoms with Gasteiger partial charge in [0.25, 0.3) is 5.56 Å². The van der Waals surface area contributed by atoms with E-state index in [9.17, 15) is 9.59 Å². The van der Waals surface area contributed by atoms with Gasteiger partial charge in [-0.25, -0.2) is 9.78 Å².